The topological polar surface area (TPSA) is 62.6 Å². The zero-order chi connectivity index (χ0) is 41.8. The summed E-state index contributed by atoms with van der Waals surface area (Å²) in [5.41, 5.74) is 10.1. The van der Waals surface area contributed by atoms with Gasteiger partial charge >= 0.3 is 0 Å². The van der Waals surface area contributed by atoms with Gasteiger partial charge in [-0.2, -0.15) is 0 Å². The van der Waals surface area contributed by atoms with E-state index in [2.05, 4.69) is 98.7 Å². The third kappa shape index (κ3) is 11.9. The number of carbonyl (C=O) groups is 2. The lowest BCUT2D eigenvalue weighted by atomic mass is 9.81. The van der Waals surface area contributed by atoms with Gasteiger partial charge in [-0.05, 0) is 81.2 Å². The molecule has 0 fully saturated rings. The first kappa shape index (κ1) is 47.8. The van der Waals surface area contributed by atoms with E-state index in [1.807, 2.05) is 87.0 Å². The zero-order valence-corrected chi connectivity index (χ0v) is 37.2. The summed E-state index contributed by atoms with van der Waals surface area (Å²) in [5.74, 6) is 0.442. The molecule has 6 rings (SSSR count). The van der Waals surface area contributed by atoms with Gasteiger partial charge in [0, 0.05) is 56.8 Å². The van der Waals surface area contributed by atoms with Gasteiger partial charge in [0.25, 0.3) is 5.56 Å². The third-order valence-electron chi connectivity index (χ3n) is 9.55. The van der Waals surface area contributed by atoms with Crippen LogP contribution in [0.5, 0.6) is 0 Å². The summed E-state index contributed by atoms with van der Waals surface area (Å²) in [6, 6.07) is 22.5. The van der Waals surface area contributed by atoms with E-state index in [9.17, 15) is 14.4 Å². The van der Waals surface area contributed by atoms with Crippen molar-refractivity contribution < 1.29 is 9.59 Å². The van der Waals surface area contributed by atoms with Gasteiger partial charge in [0.2, 0.25) is 11.8 Å². The number of aryl methyl sites for hydroxylation is 2. The van der Waals surface area contributed by atoms with Gasteiger partial charge in [-0.25, -0.2) is 0 Å². The molecular weight excluding hydrogens is 667 g/mol. The lowest BCUT2D eigenvalue weighted by Crippen LogP contribution is -2.32. The Hall–Kier alpha value is -4.19. The molecule has 3 heterocycles. The van der Waals surface area contributed by atoms with Gasteiger partial charge < -0.3 is 14.4 Å². The highest BCUT2D eigenvalue weighted by Gasteiger charge is 2.27. The fourth-order valence-electron chi connectivity index (χ4n) is 6.55. The average molecular weight is 740 g/mol. The zero-order valence-electron chi connectivity index (χ0n) is 37.2. The number of nitrogens with zero attached hydrogens (tertiary/aromatic N) is 3. The second-order valence-electron chi connectivity index (χ2n) is 16.3. The number of aromatic nitrogens is 1. The second kappa shape index (κ2) is 20.5. The average Bonchev–Trinajstić information content (AvgIpc) is 3.14. The van der Waals surface area contributed by atoms with Crippen LogP contribution < -0.4 is 15.4 Å². The number of amides is 2. The molecule has 4 aromatic rings. The van der Waals surface area contributed by atoms with Gasteiger partial charge in [-0.15, -0.1) is 0 Å². The molecule has 3 aromatic carbocycles. The summed E-state index contributed by atoms with van der Waals surface area (Å²) in [7, 11) is 5.55. The SMILES string of the molecule is CC.CC.CC.CN1C(=O)CCc2c1cccc2C(C)(C)C.CN1C(=O)CCc2ccc(C(C)(C)C)cc21.Cn1c(=O)ccc2c(C(C)(C)C)cccc21. The molecule has 0 aliphatic carbocycles. The number of carbonyl (C=O) groups excluding carboxylic acids is 2. The van der Waals surface area contributed by atoms with Crippen molar-refractivity contribution in [3.05, 3.63) is 105 Å². The molecule has 0 bridgehead atoms. The van der Waals surface area contributed by atoms with Crippen LogP contribution in [0.25, 0.3) is 10.9 Å². The molecular formula is C48H73N3O3. The normalized spacial score (nSPS) is 13.5. The predicted octanol–water partition coefficient (Wildman–Crippen LogP) is 11.7. The predicted molar refractivity (Wildman–Crippen MR) is 236 cm³/mol. The lowest BCUT2D eigenvalue weighted by Gasteiger charge is -2.31. The Morgan fingerprint density at radius 2 is 1.00 bits per heavy atom. The molecule has 2 amide bonds. The van der Waals surface area contributed by atoms with E-state index in [1.165, 1.54) is 27.8 Å². The summed E-state index contributed by atoms with van der Waals surface area (Å²) >= 11 is 0. The van der Waals surface area contributed by atoms with Crippen molar-refractivity contribution in [2.75, 3.05) is 23.9 Å². The Morgan fingerprint density at radius 1 is 0.500 bits per heavy atom. The number of hydrogen-bond donors (Lipinski definition) is 0. The Balaban J connectivity index is 0.000000378. The van der Waals surface area contributed by atoms with E-state index in [1.54, 1.807) is 20.4 Å². The molecule has 1 aromatic heterocycles. The van der Waals surface area contributed by atoms with E-state index in [0.29, 0.717) is 12.8 Å². The standard InChI is InChI=1S/2C14H19NO.C14H17NO.3C2H6/c1-14(2,3)11-7-5-10-6-8-13(16)15(4)12(10)9-11;2*1-14(2,3)11-6-5-7-12-10(11)8-9-13(16)15(12)4;3*1-2/h5,7,9H,6,8H2,1-4H3;5-7H,8-9H2,1-4H3;5-9H,1-4H3;3*1-2H3. The third-order valence-corrected chi connectivity index (χ3v) is 9.55. The second-order valence-corrected chi connectivity index (χ2v) is 16.3. The molecule has 6 nitrogen and oxygen atoms in total. The van der Waals surface area contributed by atoms with Crippen molar-refractivity contribution >= 4 is 34.1 Å². The smallest absolute Gasteiger partial charge is 0.250 e. The monoisotopic (exact) mass is 740 g/mol. The van der Waals surface area contributed by atoms with Crippen LogP contribution in [0, 0.1) is 0 Å². The van der Waals surface area contributed by atoms with Crippen molar-refractivity contribution in [1.29, 1.82) is 0 Å². The molecule has 0 N–H and O–H groups in total. The number of benzene rings is 3. The lowest BCUT2D eigenvalue weighted by molar-refractivity contribution is -0.119. The molecule has 0 saturated heterocycles. The van der Waals surface area contributed by atoms with Crippen LogP contribution in [0.3, 0.4) is 0 Å². The van der Waals surface area contributed by atoms with Crippen LogP contribution in [0.1, 0.15) is 145 Å². The van der Waals surface area contributed by atoms with Gasteiger partial charge in [-0.3, -0.25) is 14.4 Å². The minimum absolute atomic E-state index is 0.0403. The molecule has 2 aliphatic heterocycles. The Morgan fingerprint density at radius 3 is 1.54 bits per heavy atom. The maximum absolute atomic E-state index is 11.6. The molecule has 0 radical (unpaired) electrons. The first-order chi connectivity index (χ1) is 25.2. The van der Waals surface area contributed by atoms with Gasteiger partial charge in [0.15, 0.2) is 0 Å². The van der Waals surface area contributed by atoms with E-state index >= 15 is 0 Å². The summed E-state index contributed by atoms with van der Waals surface area (Å²) in [4.78, 5) is 38.4. The van der Waals surface area contributed by atoms with Gasteiger partial charge in [0.05, 0.1) is 5.52 Å². The first-order valence-electron chi connectivity index (χ1n) is 20.1. The number of hydrogen-bond acceptors (Lipinski definition) is 3. The van der Waals surface area contributed by atoms with Crippen LogP contribution in [0.2, 0.25) is 0 Å². The van der Waals surface area contributed by atoms with Crippen LogP contribution in [0.15, 0.2) is 71.5 Å². The summed E-state index contributed by atoms with van der Waals surface area (Å²) in [6.07, 6.45) is 3.03. The van der Waals surface area contributed by atoms with Crippen molar-refractivity contribution in [2.45, 2.75) is 146 Å². The number of anilines is 2. The van der Waals surface area contributed by atoms with Crippen LogP contribution in [-0.2, 0) is 45.7 Å². The van der Waals surface area contributed by atoms with E-state index in [0.717, 1.165) is 35.1 Å². The molecule has 2 aliphatic rings. The van der Waals surface area contributed by atoms with Crippen LogP contribution in [0.4, 0.5) is 11.4 Å². The molecule has 298 valence electrons. The highest BCUT2D eigenvalue weighted by Crippen LogP contribution is 2.36. The number of rotatable bonds is 0. The van der Waals surface area contributed by atoms with E-state index in [4.69, 9.17) is 0 Å². The first-order valence-corrected chi connectivity index (χ1v) is 20.1. The highest BCUT2D eigenvalue weighted by atomic mass is 16.2. The van der Waals surface area contributed by atoms with Gasteiger partial charge in [0.1, 0.15) is 0 Å². The maximum Gasteiger partial charge on any atom is 0.250 e. The molecule has 0 saturated carbocycles. The van der Waals surface area contributed by atoms with Crippen molar-refractivity contribution in [3.8, 4) is 0 Å². The van der Waals surface area contributed by atoms with Crippen LogP contribution >= 0.6 is 0 Å². The maximum atomic E-state index is 11.6. The largest absolute Gasteiger partial charge is 0.315 e. The van der Waals surface area contributed by atoms with Crippen molar-refractivity contribution in [1.82, 2.24) is 4.57 Å². The van der Waals surface area contributed by atoms with E-state index in [-0.39, 0.29) is 33.6 Å². The summed E-state index contributed by atoms with van der Waals surface area (Å²) < 4.78 is 1.70. The highest BCUT2D eigenvalue weighted by molar-refractivity contribution is 5.96. The molecule has 0 atom stereocenters. The Kier molecular flexibility index (Phi) is 18.1. The van der Waals surface area contributed by atoms with Crippen molar-refractivity contribution in [2.24, 2.45) is 7.05 Å². The summed E-state index contributed by atoms with van der Waals surface area (Å²) in [5, 5.41) is 1.16. The molecule has 0 unspecified atom stereocenters. The Labute approximate surface area is 329 Å². The van der Waals surface area contributed by atoms with Gasteiger partial charge in [-0.1, -0.05) is 140 Å². The van der Waals surface area contributed by atoms with Crippen molar-refractivity contribution in [3.63, 3.8) is 0 Å². The minimum atomic E-state index is 0.0403. The molecule has 54 heavy (non-hydrogen) atoms. The molecule has 0 spiro atoms. The fourth-order valence-corrected chi connectivity index (χ4v) is 6.55. The summed E-state index contributed by atoms with van der Waals surface area (Å²) in [6.45, 7) is 31.8. The number of pyridine rings is 1. The minimum Gasteiger partial charge on any atom is -0.315 e. The fraction of sp³-hybridized carbons (Fsp3) is 0.521. The number of fused-ring (bicyclic) bond motifs is 3. The Bertz CT molecular complexity index is 1870. The quantitative estimate of drug-likeness (QED) is 0.180. The van der Waals surface area contributed by atoms with Crippen LogP contribution in [-0.4, -0.2) is 30.5 Å². The van der Waals surface area contributed by atoms with E-state index < -0.39 is 0 Å². The molecule has 6 heteroatoms.